The molecule has 0 saturated carbocycles. The second-order valence-corrected chi connectivity index (χ2v) is 6.28. The molecule has 0 spiro atoms. The van der Waals surface area contributed by atoms with E-state index < -0.39 is 5.91 Å². The van der Waals surface area contributed by atoms with Gasteiger partial charge in [0.2, 0.25) is 0 Å². The van der Waals surface area contributed by atoms with Crippen LogP contribution >= 0.6 is 0 Å². The first kappa shape index (κ1) is 16.2. The van der Waals surface area contributed by atoms with E-state index in [1.165, 1.54) is 0 Å². The van der Waals surface area contributed by atoms with Crippen LogP contribution in [0.3, 0.4) is 0 Å². The van der Waals surface area contributed by atoms with Gasteiger partial charge in [0.25, 0.3) is 5.91 Å². The Bertz CT molecular complexity index is 901. The maximum absolute atomic E-state index is 11.6. The normalized spacial score (nSPS) is 15.2. The SMILES string of the molecule is NC(=O)c1cccnc1N1CCC(n2cc(-c3cccnc3)nn2)CC1. The van der Waals surface area contributed by atoms with Gasteiger partial charge in [-0.25, -0.2) is 9.67 Å². The van der Waals surface area contributed by atoms with Crippen LogP contribution in [0.5, 0.6) is 0 Å². The van der Waals surface area contributed by atoms with Crippen molar-refractivity contribution in [1.29, 1.82) is 0 Å². The highest BCUT2D eigenvalue weighted by Gasteiger charge is 2.25. The molecule has 0 unspecified atom stereocenters. The fraction of sp³-hybridized carbons (Fsp3) is 0.278. The zero-order valence-electron chi connectivity index (χ0n) is 14.2. The Balaban J connectivity index is 1.46. The zero-order chi connectivity index (χ0) is 17.9. The summed E-state index contributed by atoms with van der Waals surface area (Å²) in [7, 11) is 0. The summed E-state index contributed by atoms with van der Waals surface area (Å²) >= 11 is 0. The monoisotopic (exact) mass is 349 g/mol. The Hall–Kier alpha value is -3.29. The van der Waals surface area contributed by atoms with E-state index in [0.29, 0.717) is 11.4 Å². The maximum Gasteiger partial charge on any atom is 0.252 e. The molecule has 1 amide bonds. The van der Waals surface area contributed by atoms with Crippen LogP contribution < -0.4 is 10.6 Å². The minimum absolute atomic E-state index is 0.268. The highest BCUT2D eigenvalue weighted by molar-refractivity contribution is 5.97. The summed E-state index contributed by atoms with van der Waals surface area (Å²) in [6, 6.07) is 7.57. The van der Waals surface area contributed by atoms with Gasteiger partial charge in [0, 0.05) is 37.2 Å². The lowest BCUT2D eigenvalue weighted by molar-refractivity contribution is 0.100. The van der Waals surface area contributed by atoms with E-state index in [0.717, 1.165) is 37.2 Å². The number of nitrogens with zero attached hydrogens (tertiary/aromatic N) is 6. The quantitative estimate of drug-likeness (QED) is 0.769. The van der Waals surface area contributed by atoms with Crippen molar-refractivity contribution in [2.24, 2.45) is 5.73 Å². The molecule has 0 aromatic carbocycles. The molecule has 0 atom stereocenters. The average Bonchev–Trinajstić information content (AvgIpc) is 3.19. The molecule has 3 aromatic rings. The highest BCUT2D eigenvalue weighted by Crippen LogP contribution is 2.27. The highest BCUT2D eigenvalue weighted by atomic mass is 16.1. The maximum atomic E-state index is 11.6. The molecule has 8 nitrogen and oxygen atoms in total. The minimum Gasteiger partial charge on any atom is -0.365 e. The number of amides is 1. The van der Waals surface area contributed by atoms with Gasteiger partial charge in [-0.05, 0) is 37.1 Å². The fourth-order valence-corrected chi connectivity index (χ4v) is 3.29. The first-order chi connectivity index (χ1) is 12.7. The summed E-state index contributed by atoms with van der Waals surface area (Å²) in [5.74, 6) is 0.209. The number of carbonyl (C=O) groups is 1. The molecule has 0 bridgehead atoms. The fourth-order valence-electron chi connectivity index (χ4n) is 3.29. The van der Waals surface area contributed by atoms with Gasteiger partial charge in [-0.3, -0.25) is 9.78 Å². The molecule has 4 rings (SSSR count). The number of carbonyl (C=O) groups excluding carboxylic acids is 1. The number of piperidine rings is 1. The van der Waals surface area contributed by atoms with Crippen LogP contribution in [-0.4, -0.2) is 44.0 Å². The van der Waals surface area contributed by atoms with Crippen molar-refractivity contribution < 1.29 is 4.79 Å². The molecular weight excluding hydrogens is 330 g/mol. The molecule has 26 heavy (non-hydrogen) atoms. The predicted octanol–water partition coefficient (Wildman–Crippen LogP) is 1.68. The third-order valence-corrected chi connectivity index (χ3v) is 4.66. The van der Waals surface area contributed by atoms with Crippen molar-refractivity contribution in [1.82, 2.24) is 25.0 Å². The summed E-state index contributed by atoms with van der Waals surface area (Å²) < 4.78 is 1.92. The summed E-state index contributed by atoms with van der Waals surface area (Å²) in [6.45, 7) is 1.56. The Labute approximate surface area is 150 Å². The molecular formula is C18H19N7O. The van der Waals surface area contributed by atoms with Gasteiger partial charge in [0.15, 0.2) is 0 Å². The molecule has 1 aliphatic heterocycles. The van der Waals surface area contributed by atoms with E-state index in [9.17, 15) is 4.79 Å². The number of primary amides is 1. The predicted molar refractivity (Wildman–Crippen MR) is 96.5 cm³/mol. The standard InChI is InChI=1S/C18H19N7O/c19-17(26)15-4-2-8-21-18(15)24-9-5-14(6-10-24)25-12-16(22-23-25)13-3-1-7-20-11-13/h1-4,7-8,11-12,14H,5-6,9-10H2,(H2,19,26). The van der Waals surface area contributed by atoms with Crippen LogP contribution in [0, 0.1) is 0 Å². The van der Waals surface area contributed by atoms with E-state index in [1.807, 2.05) is 23.0 Å². The van der Waals surface area contributed by atoms with Crippen molar-refractivity contribution in [2.45, 2.75) is 18.9 Å². The molecule has 132 valence electrons. The second kappa shape index (κ2) is 6.91. The largest absolute Gasteiger partial charge is 0.365 e. The third kappa shape index (κ3) is 3.13. The molecule has 1 aliphatic rings. The van der Waals surface area contributed by atoms with Crippen LogP contribution in [0.15, 0.2) is 49.1 Å². The molecule has 1 saturated heterocycles. The lowest BCUT2D eigenvalue weighted by Gasteiger charge is -2.33. The number of pyridine rings is 2. The summed E-state index contributed by atoms with van der Waals surface area (Å²) in [5.41, 5.74) is 7.70. The van der Waals surface area contributed by atoms with Crippen LogP contribution in [0.2, 0.25) is 0 Å². The molecule has 0 radical (unpaired) electrons. The van der Waals surface area contributed by atoms with E-state index in [1.54, 1.807) is 30.7 Å². The number of nitrogens with two attached hydrogens (primary N) is 1. The van der Waals surface area contributed by atoms with Crippen molar-refractivity contribution >= 4 is 11.7 Å². The van der Waals surface area contributed by atoms with Gasteiger partial charge >= 0.3 is 0 Å². The summed E-state index contributed by atoms with van der Waals surface area (Å²) in [6.07, 6.45) is 8.96. The van der Waals surface area contributed by atoms with Crippen molar-refractivity contribution in [3.8, 4) is 11.3 Å². The van der Waals surface area contributed by atoms with E-state index in [2.05, 4.69) is 25.2 Å². The summed E-state index contributed by atoms with van der Waals surface area (Å²) in [4.78, 5) is 22.2. The molecule has 3 aromatic heterocycles. The number of rotatable bonds is 4. The van der Waals surface area contributed by atoms with Crippen LogP contribution in [-0.2, 0) is 0 Å². The van der Waals surface area contributed by atoms with Gasteiger partial charge in [-0.1, -0.05) is 5.21 Å². The molecule has 8 heteroatoms. The molecule has 1 fully saturated rings. The molecule has 2 N–H and O–H groups in total. The van der Waals surface area contributed by atoms with Crippen LogP contribution in [0.1, 0.15) is 29.2 Å². The molecule has 4 heterocycles. The van der Waals surface area contributed by atoms with Crippen molar-refractivity contribution in [3.63, 3.8) is 0 Å². The van der Waals surface area contributed by atoms with Gasteiger partial charge in [0.1, 0.15) is 11.5 Å². The first-order valence-corrected chi connectivity index (χ1v) is 8.54. The average molecular weight is 349 g/mol. The van der Waals surface area contributed by atoms with Gasteiger partial charge in [0.05, 0.1) is 17.8 Å². The number of aromatic nitrogens is 5. The first-order valence-electron chi connectivity index (χ1n) is 8.54. The topological polar surface area (TPSA) is 103 Å². The van der Waals surface area contributed by atoms with Crippen LogP contribution in [0.4, 0.5) is 5.82 Å². The van der Waals surface area contributed by atoms with Gasteiger partial charge < -0.3 is 10.6 Å². The number of anilines is 1. The second-order valence-electron chi connectivity index (χ2n) is 6.28. The van der Waals surface area contributed by atoms with Crippen LogP contribution in [0.25, 0.3) is 11.3 Å². The van der Waals surface area contributed by atoms with E-state index >= 15 is 0 Å². The van der Waals surface area contributed by atoms with E-state index in [-0.39, 0.29) is 6.04 Å². The lowest BCUT2D eigenvalue weighted by Crippen LogP contribution is -2.36. The van der Waals surface area contributed by atoms with Crippen molar-refractivity contribution in [3.05, 3.63) is 54.6 Å². The Morgan fingerprint density at radius 2 is 1.96 bits per heavy atom. The number of hydrogen-bond donors (Lipinski definition) is 1. The van der Waals surface area contributed by atoms with Crippen molar-refractivity contribution in [2.75, 3.05) is 18.0 Å². The Kier molecular flexibility index (Phi) is 4.30. The lowest BCUT2D eigenvalue weighted by atomic mass is 10.0. The smallest absolute Gasteiger partial charge is 0.252 e. The zero-order valence-corrected chi connectivity index (χ0v) is 14.2. The Morgan fingerprint density at radius 1 is 1.15 bits per heavy atom. The molecule has 0 aliphatic carbocycles. The Morgan fingerprint density at radius 3 is 2.69 bits per heavy atom. The van der Waals surface area contributed by atoms with E-state index in [4.69, 9.17) is 5.73 Å². The van der Waals surface area contributed by atoms with Gasteiger partial charge in [-0.15, -0.1) is 5.10 Å². The number of hydrogen-bond acceptors (Lipinski definition) is 6. The minimum atomic E-state index is -0.451. The third-order valence-electron chi connectivity index (χ3n) is 4.66. The van der Waals surface area contributed by atoms with Gasteiger partial charge in [-0.2, -0.15) is 0 Å². The summed E-state index contributed by atoms with van der Waals surface area (Å²) in [5, 5.41) is 8.55.